The first-order valence-corrected chi connectivity index (χ1v) is 6.68. The van der Waals surface area contributed by atoms with Crippen LogP contribution < -0.4 is 5.32 Å². The van der Waals surface area contributed by atoms with Gasteiger partial charge in [-0.2, -0.15) is 0 Å². The minimum atomic E-state index is 0.602. The molecule has 0 amide bonds. The zero-order valence-corrected chi connectivity index (χ0v) is 11.2. The molecule has 0 saturated carbocycles. The SMILES string of the molecule is Cc1cccc(CN2CC(C)NCCC2C)c1. The van der Waals surface area contributed by atoms with Gasteiger partial charge in [-0.05, 0) is 39.3 Å². The van der Waals surface area contributed by atoms with E-state index < -0.39 is 0 Å². The summed E-state index contributed by atoms with van der Waals surface area (Å²) < 4.78 is 0. The highest BCUT2D eigenvalue weighted by molar-refractivity contribution is 5.22. The van der Waals surface area contributed by atoms with E-state index in [0.29, 0.717) is 12.1 Å². The van der Waals surface area contributed by atoms with Gasteiger partial charge in [0.15, 0.2) is 0 Å². The Labute approximate surface area is 105 Å². The van der Waals surface area contributed by atoms with E-state index in [2.05, 4.69) is 55.3 Å². The highest BCUT2D eigenvalue weighted by atomic mass is 15.2. The third-order valence-corrected chi connectivity index (χ3v) is 3.65. The number of rotatable bonds is 2. The Hall–Kier alpha value is -0.860. The molecule has 0 spiro atoms. The van der Waals surface area contributed by atoms with Gasteiger partial charge in [-0.3, -0.25) is 4.90 Å². The van der Waals surface area contributed by atoms with Crippen molar-refractivity contribution in [2.24, 2.45) is 0 Å². The number of nitrogens with one attached hydrogen (secondary N) is 1. The Morgan fingerprint density at radius 1 is 1.35 bits per heavy atom. The number of benzene rings is 1. The summed E-state index contributed by atoms with van der Waals surface area (Å²) in [6.07, 6.45) is 1.25. The normalized spacial score (nSPS) is 26.8. The van der Waals surface area contributed by atoms with Crippen LogP contribution in [0.1, 0.15) is 31.4 Å². The van der Waals surface area contributed by atoms with Crippen LogP contribution in [0.5, 0.6) is 0 Å². The molecule has 2 nitrogen and oxygen atoms in total. The van der Waals surface area contributed by atoms with Gasteiger partial charge in [-0.15, -0.1) is 0 Å². The Morgan fingerprint density at radius 2 is 2.18 bits per heavy atom. The smallest absolute Gasteiger partial charge is 0.0237 e. The zero-order valence-electron chi connectivity index (χ0n) is 11.2. The molecule has 0 bridgehead atoms. The Bertz CT molecular complexity index is 362. The third-order valence-electron chi connectivity index (χ3n) is 3.65. The maximum atomic E-state index is 3.56. The van der Waals surface area contributed by atoms with Crippen LogP contribution in [0.15, 0.2) is 24.3 Å². The van der Waals surface area contributed by atoms with Crippen LogP contribution in [0.25, 0.3) is 0 Å². The van der Waals surface area contributed by atoms with Crippen molar-refractivity contribution in [1.82, 2.24) is 10.2 Å². The van der Waals surface area contributed by atoms with Crippen molar-refractivity contribution in [3.8, 4) is 0 Å². The summed E-state index contributed by atoms with van der Waals surface area (Å²) in [6.45, 7) is 10.2. The van der Waals surface area contributed by atoms with Crippen LogP contribution in [0.4, 0.5) is 0 Å². The molecule has 2 atom stereocenters. The van der Waals surface area contributed by atoms with Crippen molar-refractivity contribution >= 4 is 0 Å². The first-order chi connectivity index (χ1) is 8.15. The Kier molecular flexibility index (Phi) is 4.19. The minimum absolute atomic E-state index is 0.602. The monoisotopic (exact) mass is 232 g/mol. The topological polar surface area (TPSA) is 15.3 Å². The fourth-order valence-corrected chi connectivity index (χ4v) is 2.58. The van der Waals surface area contributed by atoms with E-state index in [4.69, 9.17) is 0 Å². The molecular formula is C15H24N2. The molecule has 1 aromatic rings. The van der Waals surface area contributed by atoms with E-state index in [-0.39, 0.29) is 0 Å². The molecule has 1 fully saturated rings. The largest absolute Gasteiger partial charge is 0.313 e. The molecule has 1 N–H and O–H groups in total. The molecule has 1 saturated heterocycles. The van der Waals surface area contributed by atoms with E-state index in [1.807, 2.05) is 0 Å². The van der Waals surface area contributed by atoms with Crippen molar-refractivity contribution in [2.75, 3.05) is 13.1 Å². The van der Waals surface area contributed by atoms with Gasteiger partial charge in [0.2, 0.25) is 0 Å². The lowest BCUT2D eigenvalue weighted by atomic mass is 10.1. The second-order valence-electron chi connectivity index (χ2n) is 5.41. The predicted octanol–water partition coefficient (Wildman–Crippen LogP) is 2.57. The summed E-state index contributed by atoms with van der Waals surface area (Å²) in [5, 5.41) is 3.56. The Balaban J connectivity index is 2.05. The quantitative estimate of drug-likeness (QED) is 0.843. The summed E-state index contributed by atoms with van der Waals surface area (Å²) in [5.41, 5.74) is 2.79. The molecule has 17 heavy (non-hydrogen) atoms. The summed E-state index contributed by atoms with van der Waals surface area (Å²) in [6, 6.07) is 10.1. The standard InChI is InChI=1S/C15H24N2/c1-12-5-4-6-15(9-12)11-17-10-13(2)16-8-7-14(17)3/h4-6,9,13-14,16H,7-8,10-11H2,1-3H3. The average molecular weight is 232 g/mol. The van der Waals surface area contributed by atoms with Gasteiger partial charge in [0.1, 0.15) is 0 Å². The molecule has 0 radical (unpaired) electrons. The summed E-state index contributed by atoms with van der Waals surface area (Å²) in [5.74, 6) is 0. The number of nitrogens with zero attached hydrogens (tertiary/aromatic N) is 1. The van der Waals surface area contributed by atoms with Crippen LogP contribution in [-0.4, -0.2) is 30.1 Å². The molecule has 2 heteroatoms. The molecule has 0 aromatic heterocycles. The predicted molar refractivity (Wildman–Crippen MR) is 73.1 cm³/mol. The lowest BCUT2D eigenvalue weighted by molar-refractivity contribution is 0.199. The molecule has 94 valence electrons. The number of hydrogen-bond acceptors (Lipinski definition) is 2. The molecule has 1 aliphatic heterocycles. The molecule has 1 aliphatic rings. The van der Waals surface area contributed by atoms with Crippen molar-refractivity contribution in [3.63, 3.8) is 0 Å². The van der Waals surface area contributed by atoms with Crippen molar-refractivity contribution in [2.45, 2.75) is 45.8 Å². The number of aryl methyl sites for hydroxylation is 1. The maximum absolute atomic E-state index is 3.56. The van der Waals surface area contributed by atoms with Gasteiger partial charge in [-0.1, -0.05) is 29.8 Å². The van der Waals surface area contributed by atoms with Gasteiger partial charge < -0.3 is 5.32 Å². The minimum Gasteiger partial charge on any atom is -0.313 e. The van der Waals surface area contributed by atoms with Gasteiger partial charge in [0.25, 0.3) is 0 Å². The van der Waals surface area contributed by atoms with E-state index in [1.165, 1.54) is 17.5 Å². The fraction of sp³-hybridized carbons (Fsp3) is 0.600. The highest BCUT2D eigenvalue weighted by Gasteiger charge is 2.20. The Morgan fingerprint density at radius 3 is 2.94 bits per heavy atom. The van der Waals surface area contributed by atoms with Crippen molar-refractivity contribution in [1.29, 1.82) is 0 Å². The highest BCUT2D eigenvalue weighted by Crippen LogP contribution is 2.14. The van der Waals surface area contributed by atoms with Crippen LogP contribution in [0.2, 0.25) is 0 Å². The van der Waals surface area contributed by atoms with E-state index in [9.17, 15) is 0 Å². The summed E-state index contributed by atoms with van der Waals surface area (Å²) in [7, 11) is 0. The van der Waals surface area contributed by atoms with Crippen LogP contribution in [0, 0.1) is 6.92 Å². The molecule has 0 aliphatic carbocycles. The molecule has 2 unspecified atom stereocenters. The molecule has 1 heterocycles. The zero-order chi connectivity index (χ0) is 12.3. The summed E-state index contributed by atoms with van der Waals surface area (Å²) in [4.78, 5) is 2.60. The van der Waals surface area contributed by atoms with Crippen LogP contribution in [-0.2, 0) is 6.54 Å². The maximum Gasteiger partial charge on any atom is 0.0237 e. The first-order valence-electron chi connectivity index (χ1n) is 6.68. The van der Waals surface area contributed by atoms with Crippen LogP contribution in [0.3, 0.4) is 0 Å². The second-order valence-corrected chi connectivity index (χ2v) is 5.41. The van der Waals surface area contributed by atoms with Gasteiger partial charge in [0.05, 0.1) is 0 Å². The number of hydrogen-bond donors (Lipinski definition) is 1. The third kappa shape index (κ3) is 3.55. The molecule has 2 rings (SSSR count). The van der Waals surface area contributed by atoms with E-state index in [0.717, 1.165) is 19.6 Å². The van der Waals surface area contributed by atoms with Gasteiger partial charge >= 0.3 is 0 Å². The van der Waals surface area contributed by atoms with Gasteiger partial charge in [-0.25, -0.2) is 0 Å². The fourth-order valence-electron chi connectivity index (χ4n) is 2.58. The average Bonchev–Trinajstić information content (AvgIpc) is 2.41. The van der Waals surface area contributed by atoms with Crippen molar-refractivity contribution in [3.05, 3.63) is 35.4 Å². The lowest BCUT2D eigenvalue weighted by Crippen LogP contribution is -2.37. The van der Waals surface area contributed by atoms with Crippen molar-refractivity contribution < 1.29 is 0 Å². The van der Waals surface area contributed by atoms with E-state index in [1.54, 1.807) is 0 Å². The van der Waals surface area contributed by atoms with Crippen LogP contribution >= 0.6 is 0 Å². The molecule has 1 aromatic carbocycles. The second kappa shape index (κ2) is 5.65. The van der Waals surface area contributed by atoms with E-state index >= 15 is 0 Å². The first kappa shape index (κ1) is 12.6. The lowest BCUT2D eigenvalue weighted by Gasteiger charge is -2.28. The molecular weight excluding hydrogens is 208 g/mol. The van der Waals surface area contributed by atoms with Gasteiger partial charge in [0, 0.05) is 25.2 Å². The summed E-state index contributed by atoms with van der Waals surface area (Å²) >= 11 is 0.